The average molecular weight is 339 g/mol. The van der Waals surface area contributed by atoms with E-state index in [1.165, 1.54) is 4.31 Å². The van der Waals surface area contributed by atoms with Crippen molar-refractivity contribution in [2.24, 2.45) is 0 Å². The highest BCUT2D eigenvalue weighted by atomic mass is 79.9. The molecule has 0 atom stereocenters. The summed E-state index contributed by atoms with van der Waals surface area (Å²) < 4.78 is 32.0. The zero-order chi connectivity index (χ0) is 13.9. The Kier molecular flexibility index (Phi) is 5.39. The van der Waals surface area contributed by atoms with Crippen molar-refractivity contribution in [3.8, 4) is 0 Å². The number of hydrogen-bond donors (Lipinski definition) is 1. The Hall–Kier alpha value is -0.370. The van der Waals surface area contributed by atoms with Gasteiger partial charge in [0.2, 0.25) is 10.0 Å². The van der Waals surface area contributed by atoms with Crippen molar-refractivity contribution in [2.75, 3.05) is 13.6 Å². The van der Waals surface area contributed by atoms with Gasteiger partial charge >= 0.3 is 0 Å². The molecule has 18 heavy (non-hydrogen) atoms. The van der Waals surface area contributed by atoms with Crippen molar-refractivity contribution >= 4 is 26.0 Å². The van der Waals surface area contributed by atoms with E-state index in [-0.39, 0.29) is 15.6 Å². The van der Waals surface area contributed by atoms with Crippen LogP contribution in [-0.4, -0.2) is 32.4 Å². The lowest BCUT2D eigenvalue weighted by atomic mass is 10.4. The van der Waals surface area contributed by atoms with Gasteiger partial charge in [-0.15, -0.1) is 0 Å². The molecule has 0 bridgehead atoms. The summed E-state index contributed by atoms with van der Waals surface area (Å²) in [5.74, 6) is 0.586. The molecule has 1 N–H and O–H groups in total. The molecule has 0 aromatic carbocycles. The van der Waals surface area contributed by atoms with E-state index < -0.39 is 10.0 Å². The second-order valence-electron chi connectivity index (χ2n) is 4.18. The van der Waals surface area contributed by atoms with Crippen LogP contribution in [-0.2, 0) is 16.6 Å². The summed E-state index contributed by atoms with van der Waals surface area (Å²) in [6.07, 6.45) is 0. The lowest BCUT2D eigenvalue weighted by Gasteiger charge is -2.23. The van der Waals surface area contributed by atoms with Crippen molar-refractivity contribution in [1.82, 2.24) is 9.62 Å². The lowest BCUT2D eigenvalue weighted by Crippen LogP contribution is -2.36. The number of furan rings is 1. The highest BCUT2D eigenvalue weighted by Gasteiger charge is 2.30. The molecule has 0 radical (unpaired) electrons. The first kappa shape index (κ1) is 15.7. The molecule has 1 aromatic rings. The van der Waals surface area contributed by atoms with E-state index in [0.29, 0.717) is 18.8 Å². The van der Waals surface area contributed by atoms with E-state index in [9.17, 15) is 8.42 Å². The van der Waals surface area contributed by atoms with Gasteiger partial charge in [0.1, 0.15) is 10.7 Å². The predicted octanol–water partition coefficient (Wildman–Crippen LogP) is 2.18. The SMILES string of the molecule is CCN(C(C)C)S(=O)(=O)c1cc(CNC)oc1Br. The Bertz CT molecular complexity index is 496. The lowest BCUT2D eigenvalue weighted by molar-refractivity contribution is 0.368. The zero-order valence-electron chi connectivity index (χ0n) is 11.0. The van der Waals surface area contributed by atoms with Crippen LogP contribution < -0.4 is 5.32 Å². The van der Waals surface area contributed by atoms with Gasteiger partial charge in [-0.3, -0.25) is 0 Å². The zero-order valence-corrected chi connectivity index (χ0v) is 13.4. The predicted molar refractivity (Wildman–Crippen MR) is 73.9 cm³/mol. The minimum Gasteiger partial charge on any atom is -0.452 e. The Morgan fingerprint density at radius 2 is 2.11 bits per heavy atom. The molecular weight excluding hydrogens is 320 g/mol. The van der Waals surface area contributed by atoms with Crippen molar-refractivity contribution in [2.45, 2.75) is 38.3 Å². The smallest absolute Gasteiger partial charge is 0.247 e. The molecule has 0 aliphatic rings. The van der Waals surface area contributed by atoms with E-state index in [4.69, 9.17) is 4.42 Å². The molecule has 104 valence electrons. The monoisotopic (exact) mass is 338 g/mol. The molecule has 0 amide bonds. The number of rotatable bonds is 6. The van der Waals surface area contributed by atoms with E-state index in [1.54, 1.807) is 13.1 Å². The standard InChI is InChI=1S/C11H19BrN2O3S/c1-5-14(8(2)3)18(15,16)10-6-9(7-13-4)17-11(10)12/h6,8,13H,5,7H2,1-4H3. The normalized spacial score (nSPS) is 12.6. The molecule has 0 spiro atoms. The van der Waals surface area contributed by atoms with Crippen LogP contribution in [0.1, 0.15) is 26.5 Å². The third-order valence-electron chi connectivity index (χ3n) is 2.53. The van der Waals surface area contributed by atoms with Crippen LogP contribution in [0.3, 0.4) is 0 Å². The van der Waals surface area contributed by atoms with Crippen molar-refractivity contribution < 1.29 is 12.8 Å². The summed E-state index contributed by atoms with van der Waals surface area (Å²) in [6, 6.07) is 1.47. The fourth-order valence-electron chi connectivity index (χ4n) is 1.77. The third kappa shape index (κ3) is 3.14. The Morgan fingerprint density at radius 1 is 1.50 bits per heavy atom. The highest BCUT2D eigenvalue weighted by Crippen LogP contribution is 2.29. The second kappa shape index (κ2) is 6.18. The van der Waals surface area contributed by atoms with E-state index in [0.717, 1.165) is 0 Å². The van der Waals surface area contributed by atoms with Gasteiger partial charge in [0.25, 0.3) is 0 Å². The molecule has 7 heteroatoms. The van der Waals surface area contributed by atoms with E-state index in [1.807, 2.05) is 20.8 Å². The first-order valence-electron chi connectivity index (χ1n) is 5.79. The van der Waals surface area contributed by atoms with Crippen molar-refractivity contribution in [3.63, 3.8) is 0 Å². The molecule has 0 unspecified atom stereocenters. The number of nitrogens with zero attached hydrogens (tertiary/aromatic N) is 1. The van der Waals surface area contributed by atoms with Gasteiger partial charge < -0.3 is 9.73 Å². The molecule has 5 nitrogen and oxygen atoms in total. The largest absolute Gasteiger partial charge is 0.452 e. The van der Waals surface area contributed by atoms with Gasteiger partial charge in [0, 0.05) is 18.7 Å². The number of sulfonamides is 1. The Balaban J connectivity index is 3.19. The second-order valence-corrected chi connectivity index (χ2v) is 6.76. The fourth-order valence-corrected chi connectivity index (χ4v) is 4.38. The minimum absolute atomic E-state index is 0.0884. The van der Waals surface area contributed by atoms with Crippen LogP contribution in [0.5, 0.6) is 0 Å². The number of nitrogens with one attached hydrogen (secondary N) is 1. The average Bonchev–Trinajstić information content (AvgIpc) is 2.60. The molecule has 0 aliphatic carbocycles. The summed E-state index contributed by atoms with van der Waals surface area (Å²) in [5, 5.41) is 2.92. The number of halogens is 1. The quantitative estimate of drug-likeness (QED) is 0.863. The maximum atomic E-state index is 12.5. The van der Waals surface area contributed by atoms with Crippen LogP contribution in [0.25, 0.3) is 0 Å². The van der Waals surface area contributed by atoms with E-state index in [2.05, 4.69) is 21.2 Å². The molecule has 1 rings (SSSR count). The van der Waals surface area contributed by atoms with Crippen LogP contribution in [0.15, 0.2) is 20.0 Å². The molecule has 1 aromatic heterocycles. The summed E-state index contributed by atoms with van der Waals surface area (Å²) in [6.45, 7) is 6.44. The van der Waals surface area contributed by atoms with Gasteiger partial charge in [-0.1, -0.05) is 6.92 Å². The van der Waals surface area contributed by atoms with Crippen molar-refractivity contribution in [3.05, 3.63) is 16.5 Å². The van der Waals surface area contributed by atoms with Gasteiger partial charge in [-0.25, -0.2) is 8.42 Å². The van der Waals surface area contributed by atoms with Crippen LogP contribution in [0, 0.1) is 0 Å². The molecule has 0 saturated carbocycles. The minimum atomic E-state index is -3.51. The molecular formula is C11H19BrN2O3S. The molecule has 0 saturated heterocycles. The molecule has 1 heterocycles. The number of hydrogen-bond acceptors (Lipinski definition) is 4. The third-order valence-corrected chi connectivity index (χ3v) is 5.54. The molecule has 0 fully saturated rings. The fraction of sp³-hybridized carbons (Fsp3) is 0.636. The van der Waals surface area contributed by atoms with Gasteiger partial charge in [0.05, 0.1) is 6.54 Å². The Labute approximate surface area is 117 Å². The van der Waals surface area contributed by atoms with Crippen LogP contribution >= 0.6 is 15.9 Å². The summed E-state index contributed by atoms with van der Waals surface area (Å²) in [7, 11) is -1.74. The van der Waals surface area contributed by atoms with Crippen LogP contribution in [0.4, 0.5) is 0 Å². The van der Waals surface area contributed by atoms with Crippen LogP contribution in [0.2, 0.25) is 0 Å². The first-order valence-corrected chi connectivity index (χ1v) is 8.02. The summed E-state index contributed by atoms with van der Waals surface area (Å²) in [4.78, 5) is 0.184. The van der Waals surface area contributed by atoms with Crippen molar-refractivity contribution in [1.29, 1.82) is 0 Å². The maximum absolute atomic E-state index is 12.5. The Morgan fingerprint density at radius 3 is 2.56 bits per heavy atom. The highest BCUT2D eigenvalue weighted by molar-refractivity contribution is 9.10. The first-order chi connectivity index (χ1) is 8.34. The van der Waals surface area contributed by atoms with Gasteiger partial charge in [0.15, 0.2) is 4.67 Å². The van der Waals surface area contributed by atoms with E-state index >= 15 is 0 Å². The summed E-state index contributed by atoms with van der Waals surface area (Å²) in [5.41, 5.74) is 0. The van der Waals surface area contributed by atoms with Gasteiger partial charge in [-0.05, 0) is 36.8 Å². The summed E-state index contributed by atoms with van der Waals surface area (Å²) >= 11 is 3.17. The topological polar surface area (TPSA) is 62.6 Å². The molecule has 0 aliphatic heterocycles. The van der Waals surface area contributed by atoms with Gasteiger partial charge in [-0.2, -0.15) is 4.31 Å². The maximum Gasteiger partial charge on any atom is 0.247 e.